The fraction of sp³-hybridized carbons (Fsp3) is 0.250. The second-order valence-corrected chi connectivity index (χ2v) is 2.95. The van der Waals surface area contributed by atoms with Crippen molar-refractivity contribution in [1.82, 2.24) is 25.1 Å². The summed E-state index contributed by atoms with van der Waals surface area (Å²) in [5.74, 6) is 1.84. The van der Waals surface area contributed by atoms with Gasteiger partial charge in [0.1, 0.15) is 17.8 Å². The SMILES string of the molecule is COc1cc(-c2n[nH]c(CCl)n2)ncn1. The molecular formula is C8H8ClN5O. The largest absolute Gasteiger partial charge is 0.481 e. The molecule has 0 saturated carbocycles. The highest BCUT2D eigenvalue weighted by molar-refractivity contribution is 6.16. The average Bonchev–Trinajstić information content (AvgIpc) is 2.78. The molecule has 0 aliphatic carbocycles. The van der Waals surface area contributed by atoms with Crippen molar-refractivity contribution in [3.63, 3.8) is 0 Å². The van der Waals surface area contributed by atoms with E-state index in [0.717, 1.165) is 0 Å². The lowest BCUT2D eigenvalue weighted by atomic mass is 10.4. The molecule has 2 aromatic rings. The quantitative estimate of drug-likeness (QED) is 0.789. The van der Waals surface area contributed by atoms with Crippen LogP contribution in [-0.4, -0.2) is 32.3 Å². The molecule has 0 aliphatic heterocycles. The Bertz CT molecular complexity index is 458. The molecule has 1 N–H and O–H groups in total. The lowest BCUT2D eigenvalue weighted by Crippen LogP contribution is -1.92. The van der Waals surface area contributed by atoms with Crippen molar-refractivity contribution in [2.45, 2.75) is 5.88 Å². The van der Waals surface area contributed by atoms with Gasteiger partial charge in [-0.1, -0.05) is 0 Å². The minimum absolute atomic E-state index is 0.287. The normalized spacial score (nSPS) is 10.3. The molecule has 15 heavy (non-hydrogen) atoms. The van der Waals surface area contributed by atoms with Gasteiger partial charge in [-0.2, -0.15) is 5.10 Å². The fourth-order valence-electron chi connectivity index (χ4n) is 1.04. The van der Waals surface area contributed by atoms with Crippen molar-refractivity contribution in [3.05, 3.63) is 18.2 Å². The number of alkyl halides is 1. The molecule has 0 saturated heterocycles. The Morgan fingerprint density at radius 3 is 3.00 bits per heavy atom. The van der Waals surface area contributed by atoms with E-state index in [4.69, 9.17) is 16.3 Å². The number of hydrogen-bond donors (Lipinski definition) is 1. The van der Waals surface area contributed by atoms with Crippen LogP contribution >= 0.6 is 11.6 Å². The first kappa shape index (κ1) is 9.85. The maximum atomic E-state index is 5.60. The van der Waals surface area contributed by atoms with Gasteiger partial charge in [-0.3, -0.25) is 5.10 Å². The molecule has 7 heteroatoms. The third-order valence-electron chi connectivity index (χ3n) is 1.74. The van der Waals surface area contributed by atoms with Gasteiger partial charge in [0.2, 0.25) is 5.88 Å². The van der Waals surface area contributed by atoms with E-state index in [1.165, 1.54) is 13.4 Å². The van der Waals surface area contributed by atoms with E-state index < -0.39 is 0 Å². The van der Waals surface area contributed by atoms with Gasteiger partial charge in [0, 0.05) is 6.07 Å². The predicted molar refractivity (Wildman–Crippen MR) is 53.5 cm³/mol. The highest BCUT2D eigenvalue weighted by atomic mass is 35.5. The zero-order valence-electron chi connectivity index (χ0n) is 7.94. The van der Waals surface area contributed by atoms with Crippen LogP contribution in [0.2, 0.25) is 0 Å². The highest BCUT2D eigenvalue weighted by Crippen LogP contribution is 2.15. The minimum atomic E-state index is 0.287. The van der Waals surface area contributed by atoms with Gasteiger partial charge in [-0.05, 0) is 0 Å². The van der Waals surface area contributed by atoms with E-state index in [1.807, 2.05) is 0 Å². The summed E-state index contributed by atoms with van der Waals surface area (Å²) >= 11 is 5.60. The van der Waals surface area contributed by atoms with Crippen LogP contribution in [0.15, 0.2) is 12.4 Å². The van der Waals surface area contributed by atoms with Crippen molar-refractivity contribution in [2.75, 3.05) is 7.11 Å². The van der Waals surface area contributed by atoms with Crippen molar-refractivity contribution in [2.24, 2.45) is 0 Å². The van der Waals surface area contributed by atoms with Crippen LogP contribution < -0.4 is 4.74 Å². The topological polar surface area (TPSA) is 76.6 Å². The molecule has 2 heterocycles. The van der Waals surface area contributed by atoms with Crippen LogP contribution in [0.4, 0.5) is 0 Å². The average molecular weight is 226 g/mol. The van der Waals surface area contributed by atoms with Gasteiger partial charge in [0.15, 0.2) is 5.82 Å². The number of nitrogens with one attached hydrogen (secondary N) is 1. The molecule has 0 fully saturated rings. The molecule has 0 bridgehead atoms. The molecule has 0 aliphatic rings. The molecule has 2 aromatic heterocycles. The Morgan fingerprint density at radius 1 is 1.47 bits per heavy atom. The summed E-state index contributed by atoms with van der Waals surface area (Å²) in [7, 11) is 1.54. The summed E-state index contributed by atoms with van der Waals surface area (Å²) < 4.78 is 4.97. The van der Waals surface area contributed by atoms with Crippen LogP contribution in [0.1, 0.15) is 5.82 Å². The smallest absolute Gasteiger partial charge is 0.216 e. The minimum Gasteiger partial charge on any atom is -0.481 e. The van der Waals surface area contributed by atoms with Gasteiger partial charge in [0.25, 0.3) is 0 Å². The second-order valence-electron chi connectivity index (χ2n) is 2.68. The zero-order valence-corrected chi connectivity index (χ0v) is 8.69. The summed E-state index contributed by atoms with van der Waals surface area (Å²) in [6.45, 7) is 0. The standard InChI is InChI=1S/C8H8ClN5O/c1-15-7-2-5(10-4-11-7)8-12-6(3-9)13-14-8/h2,4H,3H2,1H3,(H,12,13,14). The molecule has 0 amide bonds. The molecule has 6 nitrogen and oxygen atoms in total. The predicted octanol–water partition coefficient (Wildman–Crippen LogP) is 1.01. The number of nitrogens with zero attached hydrogens (tertiary/aromatic N) is 4. The molecule has 0 aromatic carbocycles. The van der Waals surface area contributed by atoms with Crippen LogP contribution in [0.25, 0.3) is 11.5 Å². The highest BCUT2D eigenvalue weighted by Gasteiger charge is 2.07. The first-order valence-corrected chi connectivity index (χ1v) is 4.70. The third-order valence-corrected chi connectivity index (χ3v) is 1.99. The fourth-order valence-corrected chi connectivity index (χ4v) is 1.16. The molecule has 0 atom stereocenters. The zero-order chi connectivity index (χ0) is 10.7. The molecule has 0 unspecified atom stereocenters. The first-order valence-electron chi connectivity index (χ1n) is 4.17. The summed E-state index contributed by atoms with van der Waals surface area (Å²) in [6.07, 6.45) is 1.39. The first-order chi connectivity index (χ1) is 7.33. The Hall–Kier alpha value is -1.69. The number of hydrogen-bond acceptors (Lipinski definition) is 5. The monoisotopic (exact) mass is 225 g/mol. The lowest BCUT2D eigenvalue weighted by molar-refractivity contribution is 0.397. The number of methoxy groups -OCH3 is 1. The molecule has 78 valence electrons. The van der Waals surface area contributed by atoms with Gasteiger partial charge < -0.3 is 4.74 Å². The van der Waals surface area contributed by atoms with E-state index in [0.29, 0.717) is 23.2 Å². The Morgan fingerprint density at radius 2 is 2.33 bits per heavy atom. The van der Waals surface area contributed by atoms with E-state index >= 15 is 0 Å². The maximum Gasteiger partial charge on any atom is 0.216 e. The second kappa shape index (κ2) is 4.22. The lowest BCUT2D eigenvalue weighted by Gasteiger charge is -1.98. The van der Waals surface area contributed by atoms with Crippen molar-refractivity contribution in [1.29, 1.82) is 0 Å². The van der Waals surface area contributed by atoms with Gasteiger partial charge >= 0.3 is 0 Å². The van der Waals surface area contributed by atoms with Gasteiger partial charge in [-0.15, -0.1) is 11.6 Å². The third kappa shape index (κ3) is 2.04. The van der Waals surface area contributed by atoms with Gasteiger partial charge in [0.05, 0.1) is 13.0 Å². The van der Waals surface area contributed by atoms with Crippen LogP contribution in [0, 0.1) is 0 Å². The Labute approximate surface area is 90.7 Å². The number of halogens is 1. The van der Waals surface area contributed by atoms with E-state index in [9.17, 15) is 0 Å². The maximum absolute atomic E-state index is 5.60. The molecule has 0 spiro atoms. The number of ether oxygens (including phenoxy) is 1. The van der Waals surface area contributed by atoms with Crippen molar-refractivity contribution >= 4 is 11.6 Å². The Kier molecular flexibility index (Phi) is 2.77. The Balaban J connectivity index is 2.35. The van der Waals surface area contributed by atoms with E-state index in [2.05, 4.69) is 25.1 Å². The number of H-pyrrole nitrogens is 1. The van der Waals surface area contributed by atoms with Crippen molar-refractivity contribution in [3.8, 4) is 17.4 Å². The molecule has 0 radical (unpaired) electrons. The summed E-state index contributed by atoms with van der Waals surface area (Å²) in [6, 6.07) is 1.65. The van der Waals surface area contributed by atoms with E-state index in [-0.39, 0.29) is 5.88 Å². The summed E-state index contributed by atoms with van der Waals surface area (Å²) in [4.78, 5) is 12.0. The van der Waals surface area contributed by atoms with Crippen LogP contribution in [0.5, 0.6) is 5.88 Å². The van der Waals surface area contributed by atoms with Crippen LogP contribution in [0.3, 0.4) is 0 Å². The number of aromatic amines is 1. The number of rotatable bonds is 3. The summed E-state index contributed by atoms with van der Waals surface area (Å²) in [5, 5.41) is 6.66. The van der Waals surface area contributed by atoms with E-state index in [1.54, 1.807) is 6.07 Å². The number of aromatic nitrogens is 5. The van der Waals surface area contributed by atoms with Crippen LogP contribution in [-0.2, 0) is 5.88 Å². The molecular weight excluding hydrogens is 218 g/mol. The summed E-state index contributed by atoms with van der Waals surface area (Å²) in [5.41, 5.74) is 0.592. The van der Waals surface area contributed by atoms with Gasteiger partial charge in [-0.25, -0.2) is 15.0 Å². The molecule has 2 rings (SSSR count). The van der Waals surface area contributed by atoms with Crippen molar-refractivity contribution < 1.29 is 4.74 Å².